The monoisotopic (exact) mass is 360 g/mol. The number of hydrogen-bond donors (Lipinski definition) is 0. The van der Waals surface area contributed by atoms with E-state index in [2.05, 4.69) is 61.8 Å². The third-order valence-corrected chi connectivity index (χ3v) is 6.48. The molecule has 2 atom stereocenters. The maximum absolute atomic E-state index is 13.1. The van der Waals surface area contributed by atoms with Gasteiger partial charge in [-0.1, -0.05) is 12.1 Å². The highest BCUT2D eigenvalue weighted by Crippen LogP contribution is 2.37. The Kier molecular flexibility index (Phi) is 4.57. The molecule has 2 heterocycles. The summed E-state index contributed by atoms with van der Waals surface area (Å²) in [5.41, 5.74) is 1.67. The Bertz CT molecular complexity index is 628. The van der Waals surface area contributed by atoms with Gasteiger partial charge in [0.25, 0.3) is 0 Å². The molecule has 0 spiro atoms. The van der Waals surface area contributed by atoms with Crippen LogP contribution in [0, 0.1) is 5.92 Å². The zero-order valence-corrected chi connectivity index (χ0v) is 16.4. The van der Waals surface area contributed by atoms with E-state index in [1.807, 2.05) is 0 Å². The van der Waals surface area contributed by atoms with Crippen LogP contribution in [0.3, 0.4) is 0 Å². The van der Waals surface area contributed by atoms with Gasteiger partial charge in [-0.3, -0.25) is 4.90 Å². The summed E-state index contributed by atoms with van der Waals surface area (Å²) >= 11 is 0. The molecule has 3 aliphatic rings. The molecule has 0 aromatic heterocycles. The number of piperazine rings is 1. The molecule has 0 bridgehead atoms. The van der Waals surface area contributed by atoms with Crippen molar-refractivity contribution in [1.29, 1.82) is 0 Å². The number of rotatable bonds is 4. The van der Waals surface area contributed by atoms with Gasteiger partial charge in [0.2, 0.25) is 0 Å². The minimum Gasteiger partial charge on any atom is -0.399 e. The smallest absolute Gasteiger partial charge is 0.399 e. The molecule has 3 fully saturated rings. The molecule has 1 aromatic rings. The highest BCUT2D eigenvalue weighted by Gasteiger charge is 2.51. The first-order valence-electron chi connectivity index (χ1n) is 9.82. The van der Waals surface area contributed by atoms with Gasteiger partial charge < -0.3 is 14.2 Å². The van der Waals surface area contributed by atoms with E-state index in [1.54, 1.807) is 0 Å². The number of anilines is 1. The van der Waals surface area contributed by atoms with Gasteiger partial charge in [-0.2, -0.15) is 0 Å². The summed E-state index contributed by atoms with van der Waals surface area (Å²) in [6.07, 6.45) is 0.219. The fourth-order valence-electron chi connectivity index (χ4n) is 3.74. The number of alkyl halides is 1. The van der Waals surface area contributed by atoms with Crippen LogP contribution in [0.15, 0.2) is 24.3 Å². The molecule has 1 saturated carbocycles. The second kappa shape index (κ2) is 6.50. The quantitative estimate of drug-likeness (QED) is 0.771. The minimum atomic E-state index is -0.546. The van der Waals surface area contributed by atoms with E-state index in [9.17, 15) is 4.39 Å². The van der Waals surface area contributed by atoms with Crippen LogP contribution in [-0.4, -0.2) is 62.1 Å². The van der Waals surface area contributed by atoms with Gasteiger partial charge in [-0.25, -0.2) is 4.39 Å². The lowest BCUT2D eigenvalue weighted by Crippen LogP contribution is -2.47. The molecule has 0 N–H and O–H groups in total. The largest absolute Gasteiger partial charge is 0.494 e. The van der Waals surface area contributed by atoms with Crippen molar-refractivity contribution in [3.05, 3.63) is 24.3 Å². The zero-order chi connectivity index (χ0) is 18.5. The predicted molar refractivity (Wildman–Crippen MR) is 104 cm³/mol. The molecule has 26 heavy (non-hydrogen) atoms. The third-order valence-electron chi connectivity index (χ3n) is 6.48. The summed E-state index contributed by atoms with van der Waals surface area (Å²) < 4.78 is 25.3. The van der Waals surface area contributed by atoms with Crippen molar-refractivity contribution in [2.75, 3.05) is 37.6 Å². The molecular formula is C20H30BFN2O2. The minimum absolute atomic E-state index is 0.292. The topological polar surface area (TPSA) is 24.9 Å². The van der Waals surface area contributed by atoms with E-state index >= 15 is 0 Å². The summed E-state index contributed by atoms with van der Waals surface area (Å²) in [6.45, 7) is 13.3. The maximum atomic E-state index is 13.1. The molecule has 0 unspecified atom stereocenters. The van der Waals surface area contributed by atoms with Crippen LogP contribution in [-0.2, 0) is 9.31 Å². The first kappa shape index (κ1) is 18.3. The predicted octanol–water partition coefficient (Wildman–Crippen LogP) is 2.47. The van der Waals surface area contributed by atoms with Crippen molar-refractivity contribution in [2.24, 2.45) is 5.92 Å². The van der Waals surface area contributed by atoms with Crippen LogP contribution in [0.2, 0.25) is 0 Å². The molecule has 2 aliphatic heterocycles. The lowest BCUT2D eigenvalue weighted by Gasteiger charge is -2.36. The lowest BCUT2D eigenvalue weighted by atomic mass is 9.79. The van der Waals surface area contributed by atoms with Crippen molar-refractivity contribution in [2.45, 2.75) is 51.5 Å². The first-order valence-corrected chi connectivity index (χ1v) is 9.82. The Hall–Kier alpha value is -1.11. The van der Waals surface area contributed by atoms with Crippen LogP contribution in [0.1, 0.15) is 34.1 Å². The van der Waals surface area contributed by atoms with Gasteiger partial charge in [0.15, 0.2) is 0 Å². The Labute approximate surface area is 156 Å². The van der Waals surface area contributed by atoms with Gasteiger partial charge in [0.05, 0.1) is 11.2 Å². The molecule has 1 aliphatic carbocycles. The zero-order valence-electron chi connectivity index (χ0n) is 16.4. The number of nitrogens with zero attached hydrogens (tertiary/aromatic N) is 2. The summed E-state index contributed by atoms with van der Waals surface area (Å²) in [7, 11) is -0.307. The molecular weight excluding hydrogens is 330 g/mol. The summed E-state index contributed by atoms with van der Waals surface area (Å²) in [5, 5.41) is 0. The lowest BCUT2D eigenvalue weighted by molar-refractivity contribution is 0.00578. The van der Waals surface area contributed by atoms with E-state index in [4.69, 9.17) is 9.31 Å². The van der Waals surface area contributed by atoms with Crippen LogP contribution in [0.4, 0.5) is 10.1 Å². The van der Waals surface area contributed by atoms with E-state index < -0.39 is 6.17 Å². The van der Waals surface area contributed by atoms with E-state index in [1.165, 1.54) is 5.69 Å². The molecule has 4 nitrogen and oxygen atoms in total. The number of hydrogen-bond acceptors (Lipinski definition) is 4. The van der Waals surface area contributed by atoms with Crippen LogP contribution in [0.5, 0.6) is 0 Å². The van der Waals surface area contributed by atoms with E-state index in [-0.39, 0.29) is 18.3 Å². The van der Waals surface area contributed by atoms with Gasteiger partial charge in [-0.05, 0) is 51.7 Å². The molecule has 0 amide bonds. The highest BCUT2D eigenvalue weighted by molar-refractivity contribution is 6.62. The maximum Gasteiger partial charge on any atom is 0.494 e. The average Bonchev–Trinajstić information content (AvgIpc) is 3.23. The van der Waals surface area contributed by atoms with Gasteiger partial charge in [0.1, 0.15) is 6.17 Å². The average molecular weight is 360 g/mol. The Morgan fingerprint density at radius 2 is 1.54 bits per heavy atom. The summed E-state index contributed by atoms with van der Waals surface area (Å²) in [6, 6.07) is 8.55. The van der Waals surface area contributed by atoms with E-state index in [0.29, 0.717) is 5.92 Å². The Balaban J connectivity index is 1.34. The molecule has 0 radical (unpaired) electrons. The van der Waals surface area contributed by atoms with Crippen molar-refractivity contribution in [3.8, 4) is 0 Å². The summed E-state index contributed by atoms with van der Waals surface area (Å²) in [5.74, 6) is 0.292. The second-order valence-electron chi connectivity index (χ2n) is 8.98. The SMILES string of the molecule is CC1(C)OB(c2ccc(N3CCN(C[C@@H]4C[C@@H]4F)CC3)cc2)OC1(C)C. The molecule has 1 aromatic carbocycles. The van der Waals surface area contributed by atoms with Crippen LogP contribution in [0.25, 0.3) is 0 Å². The fourth-order valence-corrected chi connectivity index (χ4v) is 3.74. The Morgan fingerprint density at radius 1 is 1.00 bits per heavy atom. The molecule has 142 valence electrons. The van der Waals surface area contributed by atoms with Crippen LogP contribution >= 0.6 is 0 Å². The highest BCUT2D eigenvalue weighted by atomic mass is 19.1. The standard InChI is InChI=1S/C20H30BFN2O2/c1-19(2)20(3,4)26-21(25-19)16-5-7-17(8-6-16)24-11-9-23(10-12-24)14-15-13-18(15)22/h5-8,15,18H,9-14H2,1-4H3/t15-,18-/m0/s1. The first-order chi connectivity index (χ1) is 12.2. The number of halogens is 1. The van der Waals surface area contributed by atoms with Gasteiger partial charge in [-0.15, -0.1) is 0 Å². The third kappa shape index (κ3) is 3.51. The van der Waals surface area contributed by atoms with E-state index in [0.717, 1.165) is 44.6 Å². The van der Waals surface area contributed by atoms with Gasteiger partial charge >= 0.3 is 7.12 Å². The second-order valence-corrected chi connectivity index (χ2v) is 8.98. The van der Waals surface area contributed by atoms with Crippen molar-refractivity contribution >= 4 is 18.3 Å². The Morgan fingerprint density at radius 3 is 2.04 bits per heavy atom. The molecule has 2 saturated heterocycles. The summed E-state index contributed by atoms with van der Waals surface area (Å²) in [4.78, 5) is 4.81. The van der Waals surface area contributed by atoms with Crippen molar-refractivity contribution in [3.63, 3.8) is 0 Å². The number of benzene rings is 1. The molecule has 4 rings (SSSR count). The van der Waals surface area contributed by atoms with Crippen molar-refractivity contribution in [1.82, 2.24) is 4.90 Å². The van der Waals surface area contributed by atoms with Gasteiger partial charge in [0, 0.05) is 44.3 Å². The normalized spacial score (nSPS) is 30.7. The molecule has 6 heteroatoms. The fraction of sp³-hybridized carbons (Fsp3) is 0.700. The van der Waals surface area contributed by atoms with Crippen LogP contribution < -0.4 is 10.4 Å². The van der Waals surface area contributed by atoms with Crippen molar-refractivity contribution < 1.29 is 13.7 Å².